The summed E-state index contributed by atoms with van der Waals surface area (Å²) in [6.45, 7) is 0.982. The van der Waals surface area contributed by atoms with E-state index in [2.05, 4.69) is 19.0 Å². The van der Waals surface area contributed by atoms with E-state index >= 15 is 0 Å². The van der Waals surface area contributed by atoms with Crippen molar-refractivity contribution in [3.05, 3.63) is 59.7 Å². The van der Waals surface area contributed by atoms with Gasteiger partial charge in [0, 0.05) is 29.8 Å². The van der Waals surface area contributed by atoms with Gasteiger partial charge in [0.05, 0.1) is 12.7 Å². The first-order chi connectivity index (χ1) is 13.6. The van der Waals surface area contributed by atoms with Gasteiger partial charge in [-0.15, -0.1) is 11.8 Å². The van der Waals surface area contributed by atoms with Gasteiger partial charge in [0.15, 0.2) is 5.82 Å². The number of thioether (sulfide) groups is 1. The molecular formula is C22H23N3O2S. The SMILES string of the molecule is COc1ccc2c(c1)Cc1c(nc(-c3ccccc3)nc1SCCN(C)C)O2. The maximum Gasteiger partial charge on any atom is 0.227 e. The summed E-state index contributed by atoms with van der Waals surface area (Å²) in [7, 11) is 5.84. The zero-order valence-electron chi connectivity index (χ0n) is 16.3. The Morgan fingerprint density at radius 1 is 1.11 bits per heavy atom. The molecule has 5 nitrogen and oxygen atoms in total. The van der Waals surface area contributed by atoms with Crippen molar-refractivity contribution in [1.29, 1.82) is 0 Å². The van der Waals surface area contributed by atoms with Gasteiger partial charge in [-0.3, -0.25) is 0 Å². The van der Waals surface area contributed by atoms with E-state index in [0.29, 0.717) is 11.7 Å². The molecule has 1 aromatic heterocycles. The van der Waals surface area contributed by atoms with Crippen LogP contribution in [0.4, 0.5) is 0 Å². The molecule has 0 amide bonds. The largest absolute Gasteiger partial charge is 0.497 e. The maximum absolute atomic E-state index is 6.18. The van der Waals surface area contributed by atoms with Gasteiger partial charge < -0.3 is 14.4 Å². The van der Waals surface area contributed by atoms with Gasteiger partial charge in [-0.2, -0.15) is 4.98 Å². The van der Waals surface area contributed by atoms with Crippen LogP contribution in [0.5, 0.6) is 17.4 Å². The van der Waals surface area contributed by atoms with Crippen molar-refractivity contribution in [2.75, 3.05) is 33.5 Å². The molecule has 1 aliphatic heterocycles. The van der Waals surface area contributed by atoms with Gasteiger partial charge in [-0.25, -0.2) is 4.98 Å². The Morgan fingerprint density at radius 2 is 1.93 bits per heavy atom. The smallest absolute Gasteiger partial charge is 0.227 e. The van der Waals surface area contributed by atoms with Crippen LogP contribution in [-0.4, -0.2) is 48.4 Å². The van der Waals surface area contributed by atoms with E-state index in [0.717, 1.165) is 51.9 Å². The molecule has 2 heterocycles. The van der Waals surface area contributed by atoms with E-state index in [9.17, 15) is 0 Å². The fourth-order valence-corrected chi connectivity index (χ4v) is 4.19. The van der Waals surface area contributed by atoms with Crippen LogP contribution in [0.15, 0.2) is 53.6 Å². The van der Waals surface area contributed by atoms with Gasteiger partial charge in [0.2, 0.25) is 5.88 Å². The van der Waals surface area contributed by atoms with Crippen LogP contribution >= 0.6 is 11.8 Å². The molecule has 28 heavy (non-hydrogen) atoms. The third-order valence-electron chi connectivity index (χ3n) is 4.58. The van der Waals surface area contributed by atoms with E-state index in [1.807, 2.05) is 48.5 Å². The highest BCUT2D eigenvalue weighted by molar-refractivity contribution is 7.99. The fraction of sp³-hybridized carbons (Fsp3) is 0.273. The Bertz CT molecular complexity index is 977. The summed E-state index contributed by atoms with van der Waals surface area (Å²) < 4.78 is 11.5. The van der Waals surface area contributed by atoms with Crippen molar-refractivity contribution < 1.29 is 9.47 Å². The van der Waals surface area contributed by atoms with Crippen LogP contribution < -0.4 is 9.47 Å². The van der Waals surface area contributed by atoms with Crippen LogP contribution in [0.1, 0.15) is 11.1 Å². The molecule has 2 aromatic carbocycles. The summed E-state index contributed by atoms with van der Waals surface area (Å²) >= 11 is 1.75. The molecule has 0 spiro atoms. The summed E-state index contributed by atoms with van der Waals surface area (Å²) in [4.78, 5) is 11.8. The zero-order chi connectivity index (χ0) is 19.5. The molecule has 0 saturated heterocycles. The highest BCUT2D eigenvalue weighted by Crippen LogP contribution is 2.41. The van der Waals surface area contributed by atoms with E-state index in [1.54, 1.807) is 18.9 Å². The second kappa shape index (κ2) is 8.20. The van der Waals surface area contributed by atoms with Crippen LogP contribution in [-0.2, 0) is 6.42 Å². The van der Waals surface area contributed by atoms with Crippen molar-refractivity contribution in [1.82, 2.24) is 14.9 Å². The second-order valence-corrected chi connectivity index (χ2v) is 7.99. The summed E-state index contributed by atoms with van der Waals surface area (Å²) in [5.41, 5.74) is 3.13. The topological polar surface area (TPSA) is 47.5 Å². The number of rotatable bonds is 6. The van der Waals surface area contributed by atoms with Crippen LogP contribution in [0.3, 0.4) is 0 Å². The van der Waals surface area contributed by atoms with E-state index < -0.39 is 0 Å². The molecule has 0 atom stereocenters. The van der Waals surface area contributed by atoms with Gasteiger partial charge in [-0.1, -0.05) is 30.3 Å². The van der Waals surface area contributed by atoms with Crippen LogP contribution in [0, 0.1) is 0 Å². The first-order valence-corrected chi connectivity index (χ1v) is 10.2. The number of benzene rings is 2. The Morgan fingerprint density at radius 3 is 2.68 bits per heavy atom. The summed E-state index contributed by atoms with van der Waals surface area (Å²) in [5, 5.41) is 0.985. The highest BCUT2D eigenvalue weighted by Gasteiger charge is 2.24. The third kappa shape index (κ3) is 3.98. The van der Waals surface area contributed by atoms with Crippen molar-refractivity contribution >= 4 is 11.8 Å². The molecule has 0 bridgehead atoms. The average molecular weight is 394 g/mol. The minimum atomic E-state index is 0.652. The minimum Gasteiger partial charge on any atom is -0.497 e. The van der Waals surface area contributed by atoms with Gasteiger partial charge >= 0.3 is 0 Å². The minimum absolute atomic E-state index is 0.652. The van der Waals surface area contributed by atoms with Gasteiger partial charge in [0.25, 0.3) is 0 Å². The lowest BCUT2D eigenvalue weighted by Gasteiger charge is -2.22. The Kier molecular flexibility index (Phi) is 5.50. The Labute approximate surface area is 169 Å². The molecule has 3 aromatic rings. The molecule has 0 saturated carbocycles. The molecule has 0 unspecified atom stereocenters. The predicted molar refractivity (Wildman–Crippen MR) is 113 cm³/mol. The molecule has 144 valence electrons. The summed E-state index contributed by atoms with van der Waals surface area (Å²) in [6, 6.07) is 15.9. The van der Waals surface area contributed by atoms with Gasteiger partial charge in [-0.05, 0) is 32.3 Å². The molecule has 1 aliphatic rings. The van der Waals surface area contributed by atoms with Crippen molar-refractivity contribution in [3.8, 4) is 28.8 Å². The maximum atomic E-state index is 6.18. The van der Waals surface area contributed by atoms with E-state index in [-0.39, 0.29) is 0 Å². The van der Waals surface area contributed by atoms with Crippen molar-refractivity contribution in [2.24, 2.45) is 0 Å². The Hall–Kier alpha value is -2.57. The second-order valence-electron chi connectivity index (χ2n) is 6.91. The Balaban J connectivity index is 1.73. The number of methoxy groups -OCH3 is 1. The lowest BCUT2D eigenvalue weighted by molar-refractivity contribution is 0.407. The number of ether oxygens (including phenoxy) is 2. The molecule has 4 rings (SSSR count). The van der Waals surface area contributed by atoms with E-state index in [1.165, 1.54) is 0 Å². The lowest BCUT2D eigenvalue weighted by Crippen LogP contribution is -2.15. The van der Waals surface area contributed by atoms with Gasteiger partial charge in [0.1, 0.15) is 16.5 Å². The summed E-state index contributed by atoms with van der Waals surface area (Å²) in [6.07, 6.45) is 0.737. The molecule has 0 fully saturated rings. The standard InChI is InChI=1S/C22H23N3O2S/c1-25(2)11-12-28-22-18-14-16-13-17(26-3)9-10-19(16)27-21(18)23-20(24-22)15-7-5-4-6-8-15/h4-10,13H,11-12,14H2,1-3H3. The molecule has 0 N–H and O–H groups in total. The number of nitrogens with zero attached hydrogens (tertiary/aromatic N) is 3. The van der Waals surface area contributed by atoms with Crippen LogP contribution in [0.25, 0.3) is 11.4 Å². The monoisotopic (exact) mass is 393 g/mol. The molecular weight excluding hydrogens is 370 g/mol. The normalized spacial score (nSPS) is 12.3. The lowest BCUT2D eigenvalue weighted by atomic mass is 10.0. The van der Waals surface area contributed by atoms with Crippen LogP contribution in [0.2, 0.25) is 0 Å². The quantitative estimate of drug-likeness (QED) is 0.355. The average Bonchev–Trinajstić information content (AvgIpc) is 2.72. The molecule has 0 radical (unpaired) electrons. The molecule has 6 heteroatoms. The number of fused-ring (bicyclic) bond motifs is 2. The fourth-order valence-electron chi connectivity index (χ4n) is 3.06. The van der Waals surface area contributed by atoms with E-state index in [4.69, 9.17) is 19.4 Å². The first-order valence-electron chi connectivity index (χ1n) is 9.22. The first kappa shape index (κ1) is 18.8. The van der Waals surface area contributed by atoms with Crippen molar-refractivity contribution in [2.45, 2.75) is 11.4 Å². The highest BCUT2D eigenvalue weighted by atomic mass is 32.2. The van der Waals surface area contributed by atoms with Crippen molar-refractivity contribution in [3.63, 3.8) is 0 Å². The number of aromatic nitrogens is 2. The summed E-state index contributed by atoms with van der Waals surface area (Å²) in [5.74, 6) is 3.96. The zero-order valence-corrected chi connectivity index (χ0v) is 17.1. The number of hydrogen-bond donors (Lipinski definition) is 0. The number of hydrogen-bond acceptors (Lipinski definition) is 6. The predicted octanol–water partition coefficient (Wildman–Crippen LogP) is 4.50. The molecule has 0 aliphatic carbocycles. The third-order valence-corrected chi connectivity index (χ3v) is 5.58.